The Labute approximate surface area is 154 Å². The van der Waals surface area contributed by atoms with Crippen LogP contribution in [0, 0.1) is 11.8 Å². The van der Waals surface area contributed by atoms with Gasteiger partial charge in [0.05, 0.1) is 5.56 Å². The van der Waals surface area contributed by atoms with Gasteiger partial charge in [-0.25, -0.2) is 4.79 Å². The number of anilines is 1. The number of aromatic carboxylic acids is 1. The molecule has 4 rings (SSSR count). The van der Waals surface area contributed by atoms with E-state index < -0.39 is 5.97 Å². The second-order valence-electron chi connectivity index (χ2n) is 8.21. The molecular weight excluding hydrogens is 322 g/mol. The molecule has 1 saturated carbocycles. The third-order valence-corrected chi connectivity index (χ3v) is 5.88. The predicted molar refractivity (Wildman–Crippen MR) is 104 cm³/mol. The molecule has 0 bridgehead atoms. The van der Waals surface area contributed by atoms with E-state index in [1.54, 1.807) is 24.3 Å². The molecule has 1 heterocycles. The number of carboxylic acids is 1. The van der Waals surface area contributed by atoms with Crippen molar-refractivity contribution in [3.8, 4) is 11.8 Å². The van der Waals surface area contributed by atoms with Crippen LogP contribution in [0.1, 0.15) is 60.2 Å². The van der Waals surface area contributed by atoms with Gasteiger partial charge < -0.3 is 10.0 Å². The molecular formula is C23H23NO2. The van der Waals surface area contributed by atoms with Gasteiger partial charge >= 0.3 is 5.97 Å². The van der Waals surface area contributed by atoms with Crippen molar-refractivity contribution in [1.82, 2.24) is 0 Å². The Balaban J connectivity index is 1.65. The van der Waals surface area contributed by atoms with Crippen LogP contribution in [-0.2, 0) is 5.41 Å². The molecule has 3 nitrogen and oxygen atoms in total. The number of hydrogen-bond acceptors (Lipinski definition) is 2. The van der Waals surface area contributed by atoms with Gasteiger partial charge in [0.1, 0.15) is 0 Å². The Hall–Kier alpha value is -2.73. The zero-order valence-electron chi connectivity index (χ0n) is 15.5. The van der Waals surface area contributed by atoms with E-state index in [2.05, 4.69) is 55.8 Å². The molecule has 132 valence electrons. The minimum Gasteiger partial charge on any atom is -0.478 e. The number of hydrogen-bond donors (Lipinski definition) is 1. The Kier molecular flexibility index (Phi) is 3.63. The van der Waals surface area contributed by atoms with Crippen molar-refractivity contribution in [2.75, 3.05) is 11.9 Å². The average Bonchev–Trinajstić information content (AvgIpc) is 3.38. The Morgan fingerprint density at radius 1 is 1.04 bits per heavy atom. The van der Waals surface area contributed by atoms with E-state index in [1.165, 1.54) is 30.5 Å². The van der Waals surface area contributed by atoms with E-state index in [0.29, 0.717) is 5.54 Å². The predicted octanol–water partition coefficient (Wildman–Crippen LogP) is 4.43. The summed E-state index contributed by atoms with van der Waals surface area (Å²) < 4.78 is 0. The summed E-state index contributed by atoms with van der Waals surface area (Å²) in [5.41, 5.74) is 5.32. The lowest BCUT2D eigenvalue weighted by Gasteiger charge is -2.45. The molecule has 0 aromatic heterocycles. The van der Waals surface area contributed by atoms with Gasteiger partial charge in [-0.15, -0.1) is 0 Å². The molecule has 3 heteroatoms. The highest BCUT2D eigenvalue weighted by Gasteiger charge is 2.53. The zero-order chi connectivity index (χ0) is 18.5. The zero-order valence-corrected chi connectivity index (χ0v) is 15.5. The molecule has 2 aliphatic rings. The summed E-state index contributed by atoms with van der Waals surface area (Å²) >= 11 is 0. The Bertz CT molecular complexity index is 940. The molecule has 2 aromatic carbocycles. The lowest BCUT2D eigenvalue weighted by molar-refractivity contribution is 0.0697. The number of benzene rings is 2. The summed E-state index contributed by atoms with van der Waals surface area (Å²) in [5.74, 6) is 5.46. The highest BCUT2D eigenvalue weighted by molar-refractivity contribution is 5.87. The first-order valence-corrected chi connectivity index (χ1v) is 9.05. The van der Waals surface area contributed by atoms with Gasteiger partial charge in [0.25, 0.3) is 0 Å². The molecule has 2 aromatic rings. The van der Waals surface area contributed by atoms with Crippen LogP contribution in [0.2, 0.25) is 0 Å². The fraction of sp³-hybridized carbons (Fsp3) is 0.348. The van der Waals surface area contributed by atoms with Gasteiger partial charge in [-0.05, 0) is 72.7 Å². The van der Waals surface area contributed by atoms with Gasteiger partial charge in [-0.2, -0.15) is 0 Å². The van der Waals surface area contributed by atoms with Gasteiger partial charge in [-0.1, -0.05) is 25.7 Å². The molecule has 1 aliphatic carbocycles. The summed E-state index contributed by atoms with van der Waals surface area (Å²) in [6.07, 6.45) is 3.78. The summed E-state index contributed by atoms with van der Waals surface area (Å²) in [4.78, 5) is 13.4. The normalized spacial score (nSPS) is 18.7. The van der Waals surface area contributed by atoms with Crippen molar-refractivity contribution in [1.29, 1.82) is 0 Å². The molecule has 1 spiro atoms. The topological polar surface area (TPSA) is 40.5 Å². The van der Waals surface area contributed by atoms with E-state index in [9.17, 15) is 4.79 Å². The van der Waals surface area contributed by atoms with Crippen molar-refractivity contribution < 1.29 is 9.90 Å². The largest absolute Gasteiger partial charge is 0.478 e. The van der Waals surface area contributed by atoms with Crippen LogP contribution in [0.4, 0.5) is 5.69 Å². The van der Waals surface area contributed by atoms with Gasteiger partial charge in [0, 0.05) is 29.4 Å². The number of carbonyl (C=O) groups is 1. The molecule has 0 atom stereocenters. The second-order valence-corrected chi connectivity index (χ2v) is 8.21. The maximum Gasteiger partial charge on any atom is 0.335 e. The molecule has 1 N–H and O–H groups in total. The van der Waals surface area contributed by atoms with Crippen LogP contribution in [0.3, 0.4) is 0 Å². The lowest BCUT2D eigenvalue weighted by Crippen LogP contribution is -2.45. The number of carboxylic acid groups (broad SMARTS) is 1. The third-order valence-electron chi connectivity index (χ3n) is 5.88. The van der Waals surface area contributed by atoms with E-state index in [-0.39, 0.29) is 11.0 Å². The van der Waals surface area contributed by atoms with Crippen LogP contribution in [0.15, 0.2) is 42.5 Å². The molecule has 1 aliphatic heterocycles. The highest BCUT2D eigenvalue weighted by atomic mass is 16.4. The quantitative estimate of drug-likeness (QED) is 0.777. The summed E-state index contributed by atoms with van der Waals surface area (Å²) in [6.45, 7) is 4.67. The lowest BCUT2D eigenvalue weighted by atomic mass is 9.73. The van der Waals surface area contributed by atoms with Crippen LogP contribution in [0.25, 0.3) is 0 Å². The van der Waals surface area contributed by atoms with Crippen molar-refractivity contribution in [2.24, 2.45) is 0 Å². The summed E-state index contributed by atoms with van der Waals surface area (Å²) in [7, 11) is 2.22. The summed E-state index contributed by atoms with van der Waals surface area (Å²) in [6, 6.07) is 13.2. The first kappa shape index (κ1) is 16.7. The van der Waals surface area contributed by atoms with Gasteiger partial charge in [0.2, 0.25) is 0 Å². The molecule has 0 saturated heterocycles. The Morgan fingerprint density at radius 2 is 1.65 bits per heavy atom. The fourth-order valence-electron chi connectivity index (χ4n) is 4.24. The Morgan fingerprint density at radius 3 is 2.27 bits per heavy atom. The molecule has 26 heavy (non-hydrogen) atoms. The van der Waals surface area contributed by atoms with E-state index >= 15 is 0 Å². The molecule has 1 fully saturated rings. The van der Waals surface area contributed by atoms with Crippen molar-refractivity contribution in [3.63, 3.8) is 0 Å². The van der Waals surface area contributed by atoms with Crippen molar-refractivity contribution in [2.45, 2.75) is 44.1 Å². The highest BCUT2D eigenvalue weighted by Crippen LogP contribution is 2.56. The van der Waals surface area contributed by atoms with Crippen molar-refractivity contribution >= 4 is 11.7 Å². The van der Waals surface area contributed by atoms with Gasteiger partial charge in [0.15, 0.2) is 0 Å². The maximum absolute atomic E-state index is 10.9. The van der Waals surface area contributed by atoms with Crippen LogP contribution < -0.4 is 4.90 Å². The monoisotopic (exact) mass is 345 g/mol. The second kappa shape index (κ2) is 5.64. The molecule has 0 amide bonds. The first-order chi connectivity index (χ1) is 12.3. The van der Waals surface area contributed by atoms with Crippen LogP contribution in [-0.4, -0.2) is 23.7 Å². The van der Waals surface area contributed by atoms with Crippen LogP contribution in [0.5, 0.6) is 0 Å². The minimum absolute atomic E-state index is 0.152. The standard InChI is InChI=1S/C23H23NO2/c1-22(2)15-23(12-13-23)24(3)20-11-8-17(14-19(20)22)5-4-16-6-9-18(10-7-16)21(25)26/h6-11,14H,12-13,15H2,1-3H3,(H,25,26). The fourth-order valence-corrected chi connectivity index (χ4v) is 4.24. The average molecular weight is 345 g/mol. The van der Waals surface area contributed by atoms with Gasteiger partial charge in [-0.3, -0.25) is 0 Å². The smallest absolute Gasteiger partial charge is 0.335 e. The summed E-state index contributed by atoms with van der Waals surface area (Å²) in [5, 5.41) is 8.97. The number of nitrogens with zero attached hydrogens (tertiary/aromatic N) is 1. The maximum atomic E-state index is 10.9. The minimum atomic E-state index is -0.918. The first-order valence-electron chi connectivity index (χ1n) is 9.05. The number of rotatable bonds is 1. The van der Waals surface area contributed by atoms with Crippen molar-refractivity contribution in [3.05, 3.63) is 64.7 Å². The van der Waals surface area contributed by atoms with E-state index in [4.69, 9.17) is 5.11 Å². The molecule has 0 unspecified atom stereocenters. The van der Waals surface area contributed by atoms with E-state index in [1.807, 2.05) is 0 Å². The SMILES string of the molecule is CN1c2ccc(C#Cc3ccc(C(=O)O)cc3)cc2C(C)(C)CC12CC2. The third kappa shape index (κ3) is 2.76. The number of fused-ring (bicyclic) bond motifs is 1. The molecule has 0 radical (unpaired) electrons. The van der Waals surface area contributed by atoms with Crippen LogP contribution >= 0.6 is 0 Å². The van der Waals surface area contributed by atoms with E-state index in [0.717, 1.165) is 11.1 Å².